The summed E-state index contributed by atoms with van der Waals surface area (Å²) in [5, 5.41) is 1.28. The molecular weight excluding hydrogens is 324 g/mol. The number of carbonyl (C=O) groups is 1. The summed E-state index contributed by atoms with van der Waals surface area (Å²) in [6, 6.07) is 14.6. The van der Waals surface area contributed by atoms with Gasteiger partial charge in [0.25, 0.3) is 0 Å². The molecule has 26 heavy (non-hydrogen) atoms. The summed E-state index contributed by atoms with van der Waals surface area (Å²) < 4.78 is 5.19. The Kier molecular flexibility index (Phi) is 4.51. The Morgan fingerprint density at radius 3 is 2.54 bits per heavy atom. The lowest BCUT2D eigenvalue weighted by Crippen LogP contribution is -2.26. The summed E-state index contributed by atoms with van der Waals surface area (Å²) >= 11 is 0. The van der Waals surface area contributed by atoms with Gasteiger partial charge in [-0.25, -0.2) is 0 Å². The highest BCUT2D eigenvalue weighted by atomic mass is 16.5. The number of para-hydroxylation sites is 1. The van der Waals surface area contributed by atoms with Crippen molar-refractivity contribution < 1.29 is 9.53 Å². The van der Waals surface area contributed by atoms with Crippen LogP contribution in [0.25, 0.3) is 10.9 Å². The lowest BCUT2D eigenvalue weighted by molar-refractivity contribution is -0.131. The van der Waals surface area contributed by atoms with Crippen LogP contribution in [0.2, 0.25) is 0 Å². The Bertz CT molecular complexity index is 921. The van der Waals surface area contributed by atoms with Crippen molar-refractivity contribution in [3.05, 3.63) is 65.4 Å². The van der Waals surface area contributed by atoms with Gasteiger partial charge < -0.3 is 9.72 Å². The quantitative estimate of drug-likeness (QED) is 0.554. The molecule has 1 unspecified atom stereocenters. The highest BCUT2D eigenvalue weighted by molar-refractivity contribution is 5.86. The number of benzene rings is 2. The number of aryl methyl sites for hydroxylation is 1. The lowest BCUT2D eigenvalue weighted by atomic mass is 9.96. The largest absolute Gasteiger partial charge is 0.427 e. The van der Waals surface area contributed by atoms with E-state index in [1.54, 1.807) is 0 Å². The Morgan fingerprint density at radius 2 is 1.85 bits per heavy atom. The van der Waals surface area contributed by atoms with Crippen molar-refractivity contribution in [1.29, 1.82) is 0 Å². The van der Waals surface area contributed by atoms with Gasteiger partial charge >= 0.3 is 5.97 Å². The molecule has 4 rings (SSSR count). The first-order valence-electron chi connectivity index (χ1n) is 9.22. The third-order valence-electron chi connectivity index (χ3n) is 5.21. The topological polar surface area (TPSA) is 45.3 Å². The zero-order valence-corrected chi connectivity index (χ0v) is 15.3. The number of aromatic amines is 1. The zero-order chi connectivity index (χ0) is 18.1. The molecule has 0 saturated carbocycles. The molecule has 2 aromatic carbocycles. The fourth-order valence-electron chi connectivity index (χ4n) is 4.02. The third-order valence-corrected chi connectivity index (χ3v) is 5.21. The predicted octanol–water partition coefficient (Wildman–Crippen LogP) is 4.59. The van der Waals surface area contributed by atoms with Gasteiger partial charge in [-0.05, 0) is 61.7 Å². The Labute approximate surface area is 153 Å². The fraction of sp³-hybridized carbons (Fsp3) is 0.318. The lowest BCUT2D eigenvalue weighted by Gasteiger charge is -2.28. The van der Waals surface area contributed by atoms with Crippen molar-refractivity contribution in [2.45, 2.75) is 32.7 Å². The normalized spacial score (nSPS) is 16.1. The molecular formula is C22H24N2O2. The van der Waals surface area contributed by atoms with Crippen molar-refractivity contribution in [2.75, 3.05) is 13.1 Å². The zero-order valence-electron chi connectivity index (χ0n) is 15.3. The first-order chi connectivity index (χ1) is 12.6. The average molecular weight is 348 g/mol. The maximum Gasteiger partial charge on any atom is 0.308 e. The first kappa shape index (κ1) is 16.9. The van der Waals surface area contributed by atoms with Crippen LogP contribution < -0.4 is 4.74 Å². The predicted molar refractivity (Wildman–Crippen MR) is 103 cm³/mol. The fourth-order valence-corrected chi connectivity index (χ4v) is 4.02. The van der Waals surface area contributed by atoms with E-state index in [-0.39, 0.29) is 12.0 Å². The summed E-state index contributed by atoms with van der Waals surface area (Å²) in [6.07, 6.45) is 4.63. The molecule has 0 bridgehead atoms. The van der Waals surface area contributed by atoms with E-state index in [1.807, 2.05) is 12.1 Å². The Morgan fingerprint density at radius 1 is 1.12 bits per heavy atom. The van der Waals surface area contributed by atoms with Crippen LogP contribution in [0.4, 0.5) is 0 Å². The summed E-state index contributed by atoms with van der Waals surface area (Å²) in [7, 11) is 0. The number of rotatable bonds is 4. The van der Waals surface area contributed by atoms with E-state index in [2.05, 4.69) is 53.3 Å². The molecule has 0 amide bonds. The van der Waals surface area contributed by atoms with Gasteiger partial charge in [-0.1, -0.05) is 30.3 Å². The monoisotopic (exact) mass is 348 g/mol. The number of nitrogens with one attached hydrogen (secondary N) is 1. The van der Waals surface area contributed by atoms with Crippen LogP contribution in [0.15, 0.2) is 48.7 Å². The number of fused-ring (bicyclic) bond motifs is 1. The van der Waals surface area contributed by atoms with E-state index in [0.717, 1.165) is 13.1 Å². The summed E-state index contributed by atoms with van der Waals surface area (Å²) in [4.78, 5) is 17.2. The molecule has 0 spiro atoms. The number of H-pyrrole nitrogens is 1. The third kappa shape index (κ3) is 3.13. The standard InChI is InChI=1S/C22H24N2O2/c1-15-6-5-7-19-20(14-23-21(15)19)22(24-12-3-4-13-24)17-8-10-18(11-9-17)26-16(2)25/h5-11,14,22-23H,3-4,12-13H2,1-2H3. The van der Waals surface area contributed by atoms with E-state index in [0.29, 0.717) is 5.75 Å². The second kappa shape index (κ2) is 6.96. The molecule has 1 aliphatic heterocycles. The molecule has 0 radical (unpaired) electrons. The van der Waals surface area contributed by atoms with Crippen LogP contribution in [0.5, 0.6) is 5.75 Å². The summed E-state index contributed by atoms with van der Waals surface area (Å²) in [5.41, 5.74) is 5.01. The molecule has 4 heteroatoms. The van der Waals surface area contributed by atoms with E-state index < -0.39 is 0 Å². The first-order valence-corrected chi connectivity index (χ1v) is 9.22. The number of likely N-dealkylation sites (tertiary alicyclic amines) is 1. The van der Waals surface area contributed by atoms with Crippen LogP contribution in [0.1, 0.15) is 42.5 Å². The number of esters is 1. The van der Waals surface area contributed by atoms with Crippen molar-refractivity contribution in [1.82, 2.24) is 9.88 Å². The molecule has 1 atom stereocenters. The Balaban J connectivity index is 1.77. The van der Waals surface area contributed by atoms with Gasteiger partial charge in [-0.15, -0.1) is 0 Å². The average Bonchev–Trinajstić information content (AvgIpc) is 3.28. The minimum Gasteiger partial charge on any atom is -0.427 e. The van der Waals surface area contributed by atoms with Crippen LogP contribution in [0.3, 0.4) is 0 Å². The van der Waals surface area contributed by atoms with Gasteiger partial charge in [0.05, 0.1) is 6.04 Å². The SMILES string of the molecule is CC(=O)Oc1ccc(C(c2c[nH]c3c(C)cccc23)N2CCCC2)cc1. The van der Waals surface area contributed by atoms with Crippen LogP contribution in [0, 0.1) is 6.92 Å². The van der Waals surface area contributed by atoms with E-state index in [9.17, 15) is 4.79 Å². The number of nitrogens with zero attached hydrogens (tertiary/aromatic N) is 1. The van der Waals surface area contributed by atoms with Gasteiger partial charge in [0.1, 0.15) is 5.75 Å². The van der Waals surface area contributed by atoms with Gasteiger partial charge in [0, 0.05) is 24.0 Å². The summed E-state index contributed by atoms with van der Waals surface area (Å²) in [6.45, 7) is 5.78. The van der Waals surface area contributed by atoms with Gasteiger partial charge in [0.15, 0.2) is 0 Å². The second-order valence-corrected chi connectivity index (χ2v) is 7.05. The molecule has 4 nitrogen and oxygen atoms in total. The van der Waals surface area contributed by atoms with Crippen molar-refractivity contribution >= 4 is 16.9 Å². The number of carbonyl (C=O) groups excluding carboxylic acids is 1. The van der Waals surface area contributed by atoms with E-state index in [1.165, 1.54) is 47.4 Å². The molecule has 1 saturated heterocycles. The van der Waals surface area contributed by atoms with E-state index in [4.69, 9.17) is 4.74 Å². The molecule has 1 aliphatic rings. The van der Waals surface area contributed by atoms with Gasteiger partial charge in [-0.3, -0.25) is 9.69 Å². The van der Waals surface area contributed by atoms with Crippen molar-refractivity contribution in [3.63, 3.8) is 0 Å². The molecule has 1 aromatic heterocycles. The van der Waals surface area contributed by atoms with Crippen molar-refractivity contribution in [2.24, 2.45) is 0 Å². The molecule has 0 aliphatic carbocycles. The maximum atomic E-state index is 11.2. The molecule has 1 N–H and O–H groups in total. The van der Waals surface area contributed by atoms with Crippen LogP contribution in [-0.4, -0.2) is 28.9 Å². The van der Waals surface area contributed by atoms with E-state index >= 15 is 0 Å². The highest BCUT2D eigenvalue weighted by Crippen LogP contribution is 2.36. The maximum absolute atomic E-state index is 11.2. The number of hydrogen-bond acceptors (Lipinski definition) is 3. The van der Waals surface area contributed by atoms with Crippen molar-refractivity contribution in [3.8, 4) is 5.75 Å². The molecule has 2 heterocycles. The minimum absolute atomic E-state index is 0.208. The molecule has 3 aromatic rings. The Hall–Kier alpha value is -2.59. The summed E-state index contributed by atoms with van der Waals surface area (Å²) in [5.74, 6) is 0.303. The molecule has 1 fully saturated rings. The highest BCUT2D eigenvalue weighted by Gasteiger charge is 2.27. The number of ether oxygens (including phenoxy) is 1. The minimum atomic E-state index is -0.291. The van der Waals surface area contributed by atoms with Crippen LogP contribution in [-0.2, 0) is 4.79 Å². The number of hydrogen-bond donors (Lipinski definition) is 1. The number of aromatic nitrogens is 1. The smallest absolute Gasteiger partial charge is 0.308 e. The second-order valence-electron chi connectivity index (χ2n) is 7.05. The molecule has 134 valence electrons. The van der Waals surface area contributed by atoms with Crippen LogP contribution >= 0.6 is 0 Å². The van der Waals surface area contributed by atoms with Gasteiger partial charge in [0.2, 0.25) is 0 Å². The van der Waals surface area contributed by atoms with Gasteiger partial charge in [-0.2, -0.15) is 0 Å².